The third-order valence-corrected chi connectivity index (χ3v) is 6.80. The van der Waals surface area contributed by atoms with Crippen LogP contribution in [-0.2, 0) is 10.0 Å². The number of rotatable bonds is 8. The van der Waals surface area contributed by atoms with Crippen LogP contribution in [0.5, 0.6) is 0 Å². The van der Waals surface area contributed by atoms with Crippen LogP contribution in [0.15, 0.2) is 42.6 Å². The summed E-state index contributed by atoms with van der Waals surface area (Å²) >= 11 is 0. The molecule has 0 aliphatic carbocycles. The van der Waals surface area contributed by atoms with Gasteiger partial charge in [0.15, 0.2) is 5.82 Å². The number of aromatic nitrogens is 2. The Morgan fingerprint density at radius 1 is 1.23 bits per heavy atom. The maximum Gasteiger partial charge on any atom is 0.270 e. The van der Waals surface area contributed by atoms with E-state index in [0.29, 0.717) is 36.6 Å². The Morgan fingerprint density at radius 2 is 1.97 bits per heavy atom. The Morgan fingerprint density at radius 3 is 2.63 bits per heavy atom. The first-order valence-electron chi connectivity index (χ1n) is 12.0. The molecule has 4 rings (SSSR count). The van der Waals surface area contributed by atoms with Gasteiger partial charge in [-0.15, -0.1) is 0 Å². The van der Waals surface area contributed by atoms with Gasteiger partial charge in [-0.1, -0.05) is 0 Å². The van der Waals surface area contributed by atoms with Crippen molar-refractivity contribution in [1.29, 1.82) is 0 Å². The highest BCUT2D eigenvalue weighted by atomic mass is 32.2. The number of piperidine rings is 1. The van der Waals surface area contributed by atoms with Crippen molar-refractivity contribution in [2.45, 2.75) is 45.7 Å². The molecule has 3 aromatic rings. The molecule has 10 heteroatoms. The predicted octanol–water partition coefficient (Wildman–Crippen LogP) is 3.89. The number of nitrogens with one attached hydrogen (secondary N) is 3. The molecule has 0 saturated carbocycles. The number of amides is 1. The lowest BCUT2D eigenvalue weighted by Crippen LogP contribution is -2.47. The smallest absolute Gasteiger partial charge is 0.270 e. The van der Waals surface area contributed by atoms with Gasteiger partial charge in [0.25, 0.3) is 5.91 Å². The molecule has 0 unspecified atom stereocenters. The normalized spacial score (nSPS) is 14.9. The van der Waals surface area contributed by atoms with Crippen molar-refractivity contribution in [3.05, 3.63) is 48.3 Å². The molecule has 188 valence electrons. The fourth-order valence-electron chi connectivity index (χ4n) is 4.71. The van der Waals surface area contributed by atoms with Gasteiger partial charge >= 0.3 is 0 Å². The summed E-state index contributed by atoms with van der Waals surface area (Å²) in [6.45, 7) is 8.54. The van der Waals surface area contributed by atoms with E-state index >= 15 is 0 Å². The van der Waals surface area contributed by atoms with Crippen molar-refractivity contribution in [3.8, 4) is 0 Å². The largest absolute Gasteiger partial charge is 0.380 e. The lowest BCUT2D eigenvalue weighted by Gasteiger charge is -2.39. The molecule has 2 aromatic heterocycles. The molecule has 1 saturated heterocycles. The molecule has 0 spiro atoms. The number of pyridine rings is 1. The van der Waals surface area contributed by atoms with Gasteiger partial charge in [-0.3, -0.25) is 9.52 Å². The highest BCUT2D eigenvalue weighted by molar-refractivity contribution is 7.92. The van der Waals surface area contributed by atoms with Crippen molar-refractivity contribution in [2.24, 2.45) is 0 Å². The third kappa shape index (κ3) is 5.87. The van der Waals surface area contributed by atoms with Gasteiger partial charge in [0.2, 0.25) is 10.0 Å². The minimum atomic E-state index is -3.36. The highest BCUT2D eigenvalue weighted by Crippen LogP contribution is 2.29. The van der Waals surface area contributed by atoms with E-state index in [1.807, 2.05) is 17.2 Å². The second kappa shape index (κ2) is 10.2. The van der Waals surface area contributed by atoms with Crippen molar-refractivity contribution >= 4 is 44.0 Å². The number of likely N-dealkylation sites (tertiary alicyclic amines) is 1. The average Bonchev–Trinajstić information content (AvgIpc) is 3.22. The Kier molecular flexibility index (Phi) is 7.20. The van der Waals surface area contributed by atoms with Crippen LogP contribution in [0.2, 0.25) is 0 Å². The average molecular weight is 499 g/mol. The molecule has 1 aliphatic rings. The summed E-state index contributed by atoms with van der Waals surface area (Å²) in [5, 5.41) is 4.28. The number of H-pyrrole nitrogens is 1. The number of fused-ring (bicyclic) bond motifs is 1. The standard InChI is InChI=1S/C25H34N6O3S/c1-5-31(24-22(27-17(2)3)7-6-12-26-24)20-10-13-30(14-11-20)25(32)23-16-18-15-19(29-35(4,33)34)8-9-21(18)28-23/h6-9,12,15-17,20,27-29H,5,10-11,13-14H2,1-4H3. The molecule has 3 N–H and O–H groups in total. The molecule has 0 radical (unpaired) electrons. The number of hydrogen-bond acceptors (Lipinski definition) is 6. The Bertz CT molecular complexity index is 1300. The van der Waals surface area contributed by atoms with E-state index in [4.69, 9.17) is 0 Å². The molecular formula is C25H34N6O3S. The third-order valence-electron chi connectivity index (χ3n) is 6.19. The Balaban J connectivity index is 1.44. The van der Waals surface area contributed by atoms with E-state index in [1.54, 1.807) is 24.3 Å². The quantitative estimate of drug-likeness (QED) is 0.435. The zero-order valence-electron chi connectivity index (χ0n) is 20.7. The number of anilines is 3. The minimum Gasteiger partial charge on any atom is -0.380 e. The van der Waals surface area contributed by atoms with Crippen LogP contribution in [-0.4, -0.2) is 67.2 Å². The molecule has 1 aliphatic heterocycles. The number of carbonyl (C=O) groups is 1. The fourth-order valence-corrected chi connectivity index (χ4v) is 5.26. The zero-order valence-corrected chi connectivity index (χ0v) is 21.5. The van der Waals surface area contributed by atoms with Crippen LogP contribution in [0, 0.1) is 0 Å². The summed E-state index contributed by atoms with van der Waals surface area (Å²) in [5.41, 5.74) is 2.81. The topological polar surface area (TPSA) is 110 Å². The number of carbonyl (C=O) groups excluding carboxylic acids is 1. The molecular weight excluding hydrogens is 464 g/mol. The van der Waals surface area contributed by atoms with Crippen LogP contribution in [0.1, 0.15) is 44.1 Å². The summed E-state index contributed by atoms with van der Waals surface area (Å²) in [7, 11) is -3.36. The van der Waals surface area contributed by atoms with E-state index in [2.05, 4.69) is 51.7 Å². The molecule has 1 amide bonds. The van der Waals surface area contributed by atoms with E-state index in [0.717, 1.165) is 48.1 Å². The number of sulfonamides is 1. The van der Waals surface area contributed by atoms with E-state index in [1.165, 1.54) is 0 Å². The molecule has 1 fully saturated rings. The number of nitrogens with zero attached hydrogens (tertiary/aromatic N) is 3. The number of hydrogen-bond donors (Lipinski definition) is 3. The van der Waals surface area contributed by atoms with Crippen LogP contribution in [0.4, 0.5) is 17.2 Å². The maximum absolute atomic E-state index is 13.2. The van der Waals surface area contributed by atoms with E-state index in [-0.39, 0.29) is 5.91 Å². The van der Waals surface area contributed by atoms with Gasteiger partial charge in [-0.05, 0) is 70.0 Å². The molecule has 3 heterocycles. The summed E-state index contributed by atoms with van der Waals surface area (Å²) in [4.78, 5) is 25.3. The monoisotopic (exact) mass is 498 g/mol. The van der Waals surface area contributed by atoms with Gasteiger partial charge in [-0.2, -0.15) is 0 Å². The molecule has 1 aromatic carbocycles. The van der Waals surface area contributed by atoms with Crippen LogP contribution in [0.3, 0.4) is 0 Å². The Labute approximate surface area is 207 Å². The number of benzene rings is 1. The van der Waals surface area contributed by atoms with Gasteiger partial charge in [0.05, 0.1) is 11.9 Å². The van der Waals surface area contributed by atoms with E-state index < -0.39 is 10.0 Å². The second-order valence-corrected chi connectivity index (χ2v) is 11.1. The minimum absolute atomic E-state index is 0.0414. The summed E-state index contributed by atoms with van der Waals surface area (Å²) < 4.78 is 25.5. The van der Waals surface area contributed by atoms with Crippen LogP contribution in [0.25, 0.3) is 10.9 Å². The summed E-state index contributed by atoms with van der Waals surface area (Å²) in [5.74, 6) is 0.919. The van der Waals surface area contributed by atoms with Crippen LogP contribution < -0.4 is 14.9 Å². The van der Waals surface area contributed by atoms with Crippen molar-refractivity contribution < 1.29 is 13.2 Å². The van der Waals surface area contributed by atoms with Gasteiger partial charge in [-0.25, -0.2) is 13.4 Å². The fraction of sp³-hybridized carbons (Fsp3) is 0.440. The summed E-state index contributed by atoms with van der Waals surface area (Å²) in [6, 6.07) is 11.6. The van der Waals surface area contributed by atoms with Crippen molar-refractivity contribution in [2.75, 3.05) is 40.8 Å². The molecule has 9 nitrogen and oxygen atoms in total. The summed E-state index contributed by atoms with van der Waals surface area (Å²) in [6.07, 6.45) is 4.66. The Hall–Kier alpha value is -3.27. The molecule has 35 heavy (non-hydrogen) atoms. The second-order valence-electron chi connectivity index (χ2n) is 9.34. The van der Waals surface area contributed by atoms with Gasteiger partial charge in [0, 0.05) is 54.5 Å². The maximum atomic E-state index is 13.2. The highest BCUT2D eigenvalue weighted by Gasteiger charge is 2.29. The molecule has 0 atom stereocenters. The van der Waals surface area contributed by atoms with Gasteiger partial charge < -0.3 is 20.1 Å². The van der Waals surface area contributed by atoms with Gasteiger partial charge in [0.1, 0.15) is 5.69 Å². The van der Waals surface area contributed by atoms with Crippen molar-refractivity contribution in [3.63, 3.8) is 0 Å². The first kappa shape index (κ1) is 24.8. The van der Waals surface area contributed by atoms with E-state index in [9.17, 15) is 13.2 Å². The lowest BCUT2D eigenvalue weighted by molar-refractivity contribution is 0.0707. The first-order chi connectivity index (χ1) is 16.6. The predicted molar refractivity (Wildman–Crippen MR) is 142 cm³/mol. The lowest BCUT2D eigenvalue weighted by atomic mass is 10.0. The van der Waals surface area contributed by atoms with Crippen molar-refractivity contribution in [1.82, 2.24) is 14.9 Å². The first-order valence-corrected chi connectivity index (χ1v) is 13.9. The van der Waals surface area contributed by atoms with Crippen LogP contribution >= 0.6 is 0 Å². The zero-order chi connectivity index (χ0) is 25.2. The molecule has 0 bridgehead atoms. The SMILES string of the molecule is CCN(c1ncccc1NC(C)C)C1CCN(C(=O)c2cc3cc(NS(C)(=O)=O)ccc3[nH]2)CC1. The number of aromatic amines is 1.